The van der Waals surface area contributed by atoms with Gasteiger partial charge in [-0.05, 0) is 25.1 Å². The standard InChI is InChI=1S/C12H15NO5/c1-3-13-11(15)7-18-12(16)9-6-8(17-2)4-5-10(9)14/h4-6,14H,3,7H2,1-2H3,(H,13,15). The SMILES string of the molecule is CCNC(=O)COC(=O)c1cc(OC)ccc1O. The molecule has 0 aliphatic carbocycles. The minimum Gasteiger partial charge on any atom is -0.507 e. The van der Waals surface area contributed by atoms with Gasteiger partial charge in [0, 0.05) is 6.54 Å². The maximum absolute atomic E-state index is 11.6. The predicted octanol–water partition coefficient (Wildman–Crippen LogP) is 0.694. The summed E-state index contributed by atoms with van der Waals surface area (Å²) in [5, 5.41) is 12.0. The Morgan fingerprint density at radius 3 is 2.72 bits per heavy atom. The van der Waals surface area contributed by atoms with Crippen molar-refractivity contribution in [1.29, 1.82) is 0 Å². The van der Waals surface area contributed by atoms with Gasteiger partial charge in [-0.3, -0.25) is 4.79 Å². The topological polar surface area (TPSA) is 84.9 Å². The fraction of sp³-hybridized carbons (Fsp3) is 0.333. The second-order valence-electron chi connectivity index (χ2n) is 3.41. The number of likely N-dealkylation sites (N-methyl/N-ethyl adjacent to an activating group) is 1. The number of esters is 1. The minimum absolute atomic E-state index is 0.0429. The minimum atomic E-state index is -0.780. The van der Waals surface area contributed by atoms with Gasteiger partial charge in [-0.15, -0.1) is 0 Å². The lowest BCUT2D eigenvalue weighted by Gasteiger charge is -2.07. The third kappa shape index (κ3) is 3.65. The van der Waals surface area contributed by atoms with Crippen molar-refractivity contribution >= 4 is 11.9 Å². The maximum atomic E-state index is 11.6. The second-order valence-corrected chi connectivity index (χ2v) is 3.41. The van der Waals surface area contributed by atoms with Crippen LogP contribution in [0.1, 0.15) is 17.3 Å². The van der Waals surface area contributed by atoms with Gasteiger partial charge in [-0.25, -0.2) is 4.79 Å². The molecule has 0 heterocycles. The Kier molecular flexibility index (Phi) is 4.98. The van der Waals surface area contributed by atoms with Crippen LogP contribution in [0, 0.1) is 0 Å². The highest BCUT2D eigenvalue weighted by Gasteiger charge is 2.15. The van der Waals surface area contributed by atoms with Crippen LogP contribution in [-0.2, 0) is 9.53 Å². The first-order valence-electron chi connectivity index (χ1n) is 5.39. The third-order valence-corrected chi connectivity index (χ3v) is 2.13. The maximum Gasteiger partial charge on any atom is 0.342 e. The van der Waals surface area contributed by atoms with E-state index in [1.807, 2.05) is 0 Å². The molecular formula is C12H15NO5. The van der Waals surface area contributed by atoms with E-state index < -0.39 is 11.9 Å². The first kappa shape index (κ1) is 13.8. The van der Waals surface area contributed by atoms with E-state index in [0.29, 0.717) is 12.3 Å². The van der Waals surface area contributed by atoms with Crippen molar-refractivity contribution in [3.05, 3.63) is 23.8 Å². The number of hydrogen-bond acceptors (Lipinski definition) is 5. The highest BCUT2D eigenvalue weighted by Crippen LogP contribution is 2.23. The summed E-state index contributed by atoms with van der Waals surface area (Å²) >= 11 is 0. The zero-order chi connectivity index (χ0) is 13.5. The zero-order valence-electron chi connectivity index (χ0n) is 10.2. The Balaban J connectivity index is 2.69. The number of rotatable bonds is 5. The van der Waals surface area contributed by atoms with E-state index >= 15 is 0 Å². The smallest absolute Gasteiger partial charge is 0.342 e. The van der Waals surface area contributed by atoms with Crippen molar-refractivity contribution in [2.75, 3.05) is 20.3 Å². The molecule has 1 aromatic carbocycles. The molecule has 0 unspecified atom stereocenters. The van der Waals surface area contributed by atoms with E-state index in [1.165, 1.54) is 25.3 Å². The Morgan fingerprint density at radius 2 is 2.11 bits per heavy atom. The molecule has 0 aromatic heterocycles. The number of nitrogens with one attached hydrogen (secondary N) is 1. The fourth-order valence-electron chi connectivity index (χ4n) is 1.26. The number of methoxy groups -OCH3 is 1. The first-order valence-corrected chi connectivity index (χ1v) is 5.39. The van der Waals surface area contributed by atoms with Crippen LogP contribution in [0.4, 0.5) is 0 Å². The highest BCUT2D eigenvalue weighted by atomic mass is 16.5. The number of hydrogen-bond donors (Lipinski definition) is 2. The quantitative estimate of drug-likeness (QED) is 0.754. The number of carbonyl (C=O) groups excluding carboxylic acids is 2. The lowest BCUT2D eigenvalue weighted by Crippen LogP contribution is -2.28. The summed E-state index contributed by atoms with van der Waals surface area (Å²) in [5.41, 5.74) is -0.0429. The molecule has 0 radical (unpaired) electrons. The molecule has 1 amide bonds. The molecule has 0 aliphatic heterocycles. The molecule has 0 fully saturated rings. The van der Waals surface area contributed by atoms with Crippen LogP contribution >= 0.6 is 0 Å². The lowest BCUT2D eigenvalue weighted by atomic mass is 10.2. The normalized spacial score (nSPS) is 9.67. The molecule has 0 spiro atoms. The van der Waals surface area contributed by atoms with Gasteiger partial charge in [0.25, 0.3) is 5.91 Å². The van der Waals surface area contributed by atoms with E-state index in [2.05, 4.69) is 5.32 Å². The van der Waals surface area contributed by atoms with Crippen LogP contribution in [0.2, 0.25) is 0 Å². The lowest BCUT2D eigenvalue weighted by molar-refractivity contribution is -0.124. The van der Waals surface area contributed by atoms with Gasteiger partial charge in [-0.1, -0.05) is 0 Å². The van der Waals surface area contributed by atoms with Crippen LogP contribution < -0.4 is 10.1 Å². The molecule has 98 valence electrons. The number of aromatic hydroxyl groups is 1. The molecule has 1 rings (SSSR count). The van der Waals surface area contributed by atoms with E-state index in [9.17, 15) is 14.7 Å². The summed E-state index contributed by atoms with van der Waals surface area (Å²) in [6.45, 7) is 1.83. The monoisotopic (exact) mass is 253 g/mol. The van der Waals surface area contributed by atoms with Crippen LogP contribution in [0.25, 0.3) is 0 Å². The van der Waals surface area contributed by atoms with Gasteiger partial charge in [-0.2, -0.15) is 0 Å². The number of amides is 1. The number of phenols is 1. The molecule has 0 atom stereocenters. The van der Waals surface area contributed by atoms with Gasteiger partial charge < -0.3 is 19.9 Å². The Labute approximate surface area is 105 Å². The van der Waals surface area contributed by atoms with Crippen molar-refractivity contribution in [2.45, 2.75) is 6.92 Å². The number of benzene rings is 1. The van der Waals surface area contributed by atoms with Crippen LogP contribution in [0.15, 0.2) is 18.2 Å². The third-order valence-electron chi connectivity index (χ3n) is 2.13. The molecule has 6 nitrogen and oxygen atoms in total. The molecule has 0 saturated carbocycles. The summed E-state index contributed by atoms with van der Waals surface area (Å²) in [4.78, 5) is 22.7. The van der Waals surface area contributed by atoms with E-state index in [4.69, 9.17) is 9.47 Å². The van der Waals surface area contributed by atoms with Crippen LogP contribution in [0.3, 0.4) is 0 Å². The zero-order valence-corrected chi connectivity index (χ0v) is 10.2. The number of carbonyl (C=O) groups is 2. The van der Waals surface area contributed by atoms with Gasteiger partial charge in [0.2, 0.25) is 0 Å². The largest absolute Gasteiger partial charge is 0.507 e. The van der Waals surface area contributed by atoms with Crippen molar-refractivity contribution in [1.82, 2.24) is 5.32 Å². The van der Waals surface area contributed by atoms with E-state index in [0.717, 1.165) is 0 Å². The summed E-state index contributed by atoms with van der Waals surface area (Å²) in [6.07, 6.45) is 0. The van der Waals surface area contributed by atoms with Crippen LogP contribution in [0.5, 0.6) is 11.5 Å². The van der Waals surface area contributed by atoms with Gasteiger partial charge in [0.15, 0.2) is 6.61 Å². The Morgan fingerprint density at radius 1 is 1.39 bits per heavy atom. The summed E-state index contributed by atoms with van der Waals surface area (Å²) < 4.78 is 9.68. The first-order chi connectivity index (χ1) is 8.58. The molecule has 0 bridgehead atoms. The predicted molar refractivity (Wildman–Crippen MR) is 63.6 cm³/mol. The van der Waals surface area contributed by atoms with E-state index in [-0.39, 0.29) is 17.9 Å². The molecule has 0 aliphatic rings. The van der Waals surface area contributed by atoms with Crippen LogP contribution in [-0.4, -0.2) is 37.2 Å². The van der Waals surface area contributed by atoms with Gasteiger partial charge in [0.1, 0.15) is 17.1 Å². The summed E-state index contributed by atoms with van der Waals surface area (Å²) in [7, 11) is 1.44. The molecule has 2 N–H and O–H groups in total. The molecule has 18 heavy (non-hydrogen) atoms. The van der Waals surface area contributed by atoms with Gasteiger partial charge >= 0.3 is 5.97 Å². The molecule has 0 saturated heterocycles. The van der Waals surface area contributed by atoms with Crippen molar-refractivity contribution in [3.63, 3.8) is 0 Å². The average molecular weight is 253 g/mol. The second kappa shape index (κ2) is 6.48. The number of ether oxygens (including phenoxy) is 2. The molecular weight excluding hydrogens is 238 g/mol. The van der Waals surface area contributed by atoms with Crippen molar-refractivity contribution in [2.24, 2.45) is 0 Å². The van der Waals surface area contributed by atoms with Crippen molar-refractivity contribution < 1.29 is 24.2 Å². The van der Waals surface area contributed by atoms with Gasteiger partial charge in [0.05, 0.1) is 7.11 Å². The Bertz CT molecular complexity index is 444. The summed E-state index contributed by atoms with van der Waals surface area (Å²) in [6, 6.07) is 4.17. The molecule has 1 aromatic rings. The average Bonchev–Trinajstić information content (AvgIpc) is 2.37. The van der Waals surface area contributed by atoms with Crippen molar-refractivity contribution in [3.8, 4) is 11.5 Å². The summed E-state index contributed by atoms with van der Waals surface area (Å²) in [5.74, 6) is -0.986. The Hall–Kier alpha value is -2.24. The van der Waals surface area contributed by atoms with E-state index in [1.54, 1.807) is 6.92 Å². The number of phenolic OH excluding ortho intramolecular Hbond substituents is 1. The molecule has 6 heteroatoms. The fourth-order valence-corrected chi connectivity index (χ4v) is 1.26. The highest BCUT2D eigenvalue weighted by molar-refractivity contribution is 5.94.